The zero-order valence-corrected chi connectivity index (χ0v) is 10.7. The van der Waals surface area contributed by atoms with E-state index >= 15 is 0 Å². The molecule has 1 saturated heterocycles. The Balaban J connectivity index is 2.29. The van der Waals surface area contributed by atoms with Gasteiger partial charge >= 0.3 is 0 Å². The molecule has 2 atom stereocenters. The van der Waals surface area contributed by atoms with E-state index in [-0.39, 0.29) is 0 Å². The summed E-state index contributed by atoms with van der Waals surface area (Å²) in [4.78, 5) is 2.44. The van der Waals surface area contributed by atoms with Crippen LogP contribution in [0.25, 0.3) is 0 Å². The molecule has 0 saturated carbocycles. The van der Waals surface area contributed by atoms with Gasteiger partial charge in [0, 0.05) is 12.6 Å². The average molecular weight is 229 g/mol. The monoisotopic (exact) mass is 229 g/mol. The number of rotatable bonds is 7. The van der Waals surface area contributed by atoms with Gasteiger partial charge in [-0.25, -0.2) is 0 Å². The number of hydrogen-bond acceptors (Lipinski definition) is 4. The molecular weight excluding hydrogens is 202 g/mol. The molecular formula is C12H27N3O. The lowest BCUT2D eigenvalue weighted by Gasteiger charge is -2.31. The number of hydrogen-bond donors (Lipinski definition) is 2. The second-order valence-electron chi connectivity index (χ2n) is 4.57. The van der Waals surface area contributed by atoms with Gasteiger partial charge in [0.15, 0.2) is 0 Å². The van der Waals surface area contributed by atoms with Crippen LogP contribution in [0.15, 0.2) is 0 Å². The average Bonchev–Trinajstić information content (AvgIpc) is 2.36. The molecule has 1 heterocycles. The Labute approximate surface area is 99.5 Å². The maximum Gasteiger partial charge on any atom is 0.0509 e. The highest BCUT2D eigenvalue weighted by Gasteiger charge is 2.23. The SMILES string of the molecule is CCN(CC)CCC(NN)C1CCCOC1. The van der Waals surface area contributed by atoms with Gasteiger partial charge in [0.1, 0.15) is 0 Å². The van der Waals surface area contributed by atoms with Gasteiger partial charge in [-0.05, 0) is 44.8 Å². The molecule has 3 N–H and O–H groups in total. The van der Waals surface area contributed by atoms with Gasteiger partial charge in [0.2, 0.25) is 0 Å². The normalized spacial score (nSPS) is 23.6. The van der Waals surface area contributed by atoms with Crippen molar-refractivity contribution in [2.75, 3.05) is 32.8 Å². The van der Waals surface area contributed by atoms with Gasteiger partial charge in [-0.2, -0.15) is 0 Å². The molecule has 4 nitrogen and oxygen atoms in total. The fraction of sp³-hybridized carbons (Fsp3) is 1.00. The molecule has 96 valence electrons. The van der Waals surface area contributed by atoms with Crippen molar-refractivity contribution in [3.8, 4) is 0 Å². The van der Waals surface area contributed by atoms with E-state index in [1.165, 1.54) is 12.8 Å². The number of nitrogens with zero attached hydrogens (tertiary/aromatic N) is 1. The van der Waals surface area contributed by atoms with Gasteiger partial charge in [0.05, 0.1) is 6.61 Å². The number of ether oxygens (including phenoxy) is 1. The van der Waals surface area contributed by atoms with E-state index < -0.39 is 0 Å². The molecule has 0 aromatic heterocycles. The second kappa shape index (κ2) is 8.01. The summed E-state index contributed by atoms with van der Waals surface area (Å²) < 4.78 is 5.52. The molecule has 2 unspecified atom stereocenters. The Morgan fingerprint density at radius 3 is 2.69 bits per heavy atom. The Bertz CT molecular complexity index is 168. The van der Waals surface area contributed by atoms with Crippen molar-refractivity contribution in [3.63, 3.8) is 0 Å². The molecule has 16 heavy (non-hydrogen) atoms. The van der Waals surface area contributed by atoms with Crippen molar-refractivity contribution in [3.05, 3.63) is 0 Å². The molecule has 1 rings (SSSR count). The third-order valence-corrected chi connectivity index (χ3v) is 3.63. The highest BCUT2D eigenvalue weighted by atomic mass is 16.5. The summed E-state index contributed by atoms with van der Waals surface area (Å²) in [7, 11) is 0. The van der Waals surface area contributed by atoms with E-state index in [0.717, 1.165) is 39.3 Å². The van der Waals surface area contributed by atoms with Crippen LogP contribution in [0.5, 0.6) is 0 Å². The minimum atomic E-state index is 0.404. The quantitative estimate of drug-likeness (QED) is 0.505. The summed E-state index contributed by atoms with van der Waals surface area (Å²) in [6, 6.07) is 0.404. The van der Waals surface area contributed by atoms with E-state index in [0.29, 0.717) is 12.0 Å². The lowest BCUT2D eigenvalue weighted by atomic mass is 9.92. The van der Waals surface area contributed by atoms with E-state index in [2.05, 4.69) is 24.2 Å². The first-order valence-electron chi connectivity index (χ1n) is 6.58. The van der Waals surface area contributed by atoms with Crippen LogP contribution in [0.3, 0.4) is 0 Å². The van der Waals surface area contributed by atoms with E-state index in [1.807, 2.05) is 0 Å². The molecule has 0 aromatic rings. The molecule has 0 bridgehead atoms. The van der Waals surface area contributed by atoms with Crippen LogP contribution in [0.4, 0.5) is 0 Å². The zero-order valence-electron chi connectivity index (χ0n) is 10.7. The molecule has 1 aliphatic rings. The summed E-state index contributed by atoms with van der Waals surface area (Å²) in [5.74, 6) is 6.24. The predicted molar refractivity (Wildman–Crippen MR) is 67.1 cm³/mol. The van der Waals surface area contributed by atoms with Crippen LogP contribution in [0.1, 0.15) is 33.1 Å². The summed E-state index contributed by atoms with van der Waals surface area (Å²) in [5.41, 5.74) is 2.97. The van der Waals surface area contributed by atoms with Crippen LogP contribution >= 0.6 is 0 Å². The lowest BCUT2D eigenvalue weighted by molar-refractivity contribution is 0.0363. The molecule has 0 spiro atoms. The van der Waals surface area contributed by atoms with Crippen molar-refractivity contribution >= 4 is 0 Å². The van der Waals surface area contributed by atoms with E-state index in [4.69, 9.17) is 10.6 Å². The van der Waals surface area contributed by atoms with Crippen molar-refractivity contribution in [2.45, 2.75) is 39.2 Å². The molecule has 0 radical (unpaired) electrons. The first kappa shape index (κ1) is 13.9. The smallest absolute Gasteiger partial charge is 0.0509 e. The predicted octanol–water partition coefficient (Wildman–Crippen LogP) is 0.977. The van der Waals surface area contributed by atoms with Gasteiger partial charge in [-0.1, -0.05) is 13.8 Å². The van der Waals surface area contributed by atoms with Crippen LogP contribution in [0.2, 0.25) is 0 Å². The maximum absolute atomic E-state index is 5.65. The Hall–Kier alpha value is -0.160. The fourth-order valence-electron chi connectivity index (χ4n) is 2.40. The summed E-state index contributed by atoms with van der Waals surface area (Å²) >= 11 is 0. The van der Waals surface area contributed by atoms with Crippen LogP contribution < -0.4 is 11.3 Å². The molecule has 4 heteroatoms. The Morgan fingerprint density at radius 2 is 2.19 bits per heavy atom. The largest absolute Gasteiger partial charge is 0.381 e. The van der Waals surface area contributed by atoms with Gasteiger partial charge in [-0.15, -0.1) is 0 Å². The Kier molecular flexibility index (Phi) is 6.96. The second-order valence-corrected chi connectivity index (χ2v) is 4.57. The number of nitrogens with two attached hydrogens (primary N) is 1. The van der Waals surface area contributed by atoms with Crippen LogP contribution in [-0.2, 0) is 4.74 Å². The van der Waals surface area contributed by atoms with Gasteiger partial charge in [-0.3, -0.25) is 11.3 Å². The van der Waals surface area contributed by atoms with Crippen molar-refractivity contribution < 1.29 is 4.74 Å². The van der Waals surface area contributed by atoms with Crippen LogP contribution in [0, 0.1) is 5.92 Å². The topological polar surface area (TPSA) is 50.5 Å². The zero-order chi connectivity index (χ0) is 11.8. The van der Waals surface area contributed by atoms with Crippen molar-refractivity contribution in [2.24, 2.45) is 11.8 Å². The van der Waals surface area contributed by atoms with Gasteiger partial charge < -0.3 is 9.64 Å². The first-order chi connectivity index (χ1) is 7.81. The molecule has 0 aliphatic carbocycles. The summed E-state index contributed by atoms with van der Waals surface area (Å²) in [6.07, 6.45) is 3.54. The van der Waals surface area contributed by atoms with Crippen molar-refractivity contribution in [1.82, 2.24) is 10.3 Å². The van der Waals surface area contributed by atoms with Crippen LogP contribution in [-0.4, -0.2) is 43.8 Å². The standard InChI is InChI=1S/C12H27N3O/c1-3-15(4-2)8-7-12(14-13)11-6-5-9-16-10-11/h11-12,14H,3-10,13H2,1-2H3. The summed E-state index contributed by atoms with van der Waals surface area (Å²) in [5, 5.41) is 0. The third-order valence-electron chi connectivity index (χ3n) is 3.63. The van der Waals surface area contributed by atoms with E-state index in [1.54, 1.807) is 0 Å². The first-order valence-corrected chi connectivity index (χ1v) is 6.58. The molecule has 1 aliphatic heterocycles. The maximum atomic E-state index is 5.65. The number of nitrogens with one attached hydrogen (secondary N) is 1. The molecule has 1 fully saturated rings. The van der Waals surface area contributed by atoms with Gasteiger partial charge in [0.25, 0.3) is 0 Å². The molecule has 0 amide bonds. The fourth-order valence-corrected chi connectivity index (χ4v) is 2.40. The Morgan fingerprint density at radius 1 is 1.44 bits per heavy atom. The van der Waals surface area contributed by atoms with Crippen molar-refractivity contribution in [1.29, 1.82) is 0 Å². The summed E-state index contributed by atoms with van der Waals surface area (Å²) in [6.45, 7) is 9.56. The highest BCUT2D eigenvalue weighted by Crippen LogP contribution is 2.19. The lowest BCUT2D eigenvalue weighted by Crippen LogP contribution is -2.45. The minimum absolute atomic E-state index is 0.404. The van der Waals surface area contributed by atoms with E-state index in [9.17, 15) is 0 Å². The molecule has 0 aromatic carbocycles. The highest BCUT2D eigenvalue weighted by molar-refractivity contribution is 4.77. The number of hydrazine groups is 1. The minimum Gasteiger partial charge on any atom is -0.381 e. The third kappa shape index (κ3) is 4.37.